The highest BCUT2D eigenvalue weighted by Crippen LogP contribution is 2.23. The van der Waals surface area contributed by atoms with Crippen molar-refractivity contribution in [2.75, 3.05) is 11.5 Å². The van der Waals surface area contributed by atoms with Gasteiger partial charge in [0.15, 0.2) is 0 Å². The molecule has 122 valence electrons. The quantitative estimate of drug-likeness (QED) is 0.276. The van der Waals surface area contributed by atoms with Crippen LogP contribution in [0.5, 0.6) is 0 Å². The zero-order chi connectivity index (χ0) is 16.8. The lowest BCUT2D eigenvalue weighted by atomic mass is 9.99. The predicted molar refractivity (Wildman–Crippen MR) is 89.4 cm³/mol. The number of nitrogens with zero attached hydrogens (tertiary/aromatic N) is 2. The Morgan fingerprint density at radius 3 is 2.70 bits per heavy atom. The number of rotatable bonds is 7. The van der Waals surface area contributed by atoms with Crippen LogP contribution in [0.3, 0.4) is 0 Å². The van der Waals surface area contributed by atoms with E-state index in [1.807, 2.05) is 13.8 Å². The van der Waals surface area contributed by atoms with Gasteiger partial charge in [-0.2, -0.15) is 0 Å². The lowest BCUT2D eigenvalue weighted by Gasteiger charge is -2.16. The van der Waals surface area contributed by atoms with Crippen LogP contribution >= 0.6 is 0 Å². The molecule has 1 fully saturated rings. The van der Waals surface area contributed by atoms with E-state index >= 15 is 0 Å². The Morgan fingerprint density at radius 2 is 2.09 bits per heavy atom. The lowest BCUT2D eigenvalue weighted by molar-refractivity contribution is -0.119. The fraction of sp³-hybridized carbons (Fsp3) is 0.353. The van der Waals surface area contributed by atoms with Gasteiger partial charge in [0, 0.05) is 0 Å². The lowest BCUT2D eigenvalue weighted by Crippen LogP contribution is -2.35. The summed E-state index contributed by atoms with van der Waals surface area (Å²) in [7, 11) is 0. The van der Waals surface area contributed by atoms with Gasteiger partial charge in [-0.1, -0.05) is 50.2 Å². The maximum absolute atomic E-state index is 12.4. The number of nitrogens with one attached hydrogen (secondary N) is 1. The van der Waals surface area contributed by atoms with Crippen LogP contribution in [0.4, 0.5) is 10.5 Å². The SMILES string of the molecule is C=CCON=Cc1ccc(N2C(=O)NC(C(C)CC)C2=O)cc1. The van der Waals surface area contributed by atoms with E-state index in [9.17, 15) is 9.59 Å². The number of imide groups is 1. The summed E-state index contributed by atoms with van der Waals surface area (Å²) >= 11 is 0. The van der Waals surface area contributed by atoms with Crippen LogP contribution in [0, 0.1) is 5.92 Å². The first-order chi connectivity index (χ1) is 11.1. The number of hydrogen-bond donors (Lipinski definition) is 1. The number of benzene rings is 1. The molecule has 1 N–H and O–H groups in total. The van der Waals surface area contributed by atoms with Gasteiger partial charge in [-0.15, -0.1) is 0 Å². The number of amides is 3. The van der Waals surface area contributed by atoms with Gasteiger partial charge in [0.2, 0.25) is 0 Å². The molecule has 1 aromatic rings. The molecule has 1 heterocycles. The molecule has 1 aliphatic heterocycles. The average molecular weight is 315 g/mol. The van der Waals surface area contributed by atoms with Gasteiger partial charge in [0.05, 0.1) is 11.9 Å². The molecule has 2 atom stereocenters. The Kier molecular flexibility index (Phi) is 5.51. The summed E-state index contributed by atoms with van der Waals surface area (Å²) < 4.78 is 0. The molecule has 2 rings (SSSR count). The summed E-state index contributed by atoms with van der Waals surface area (Å²) in [5, 5.41) is 6.53. The molecule has 0 spiro atoms. The van der Waals surface area contributed by atoms with Gasteiger partial charge in [0.1, 0.15) is 12.6 Å². The first-order valence-corrected chi connectivity index (χ1v) is 7.59. The molecule has 23 heavy (non-hydrogen) atoms. The molecule has 6 heteroatoms. The molecule has 1 saturated heterocycles. The van der Waals surface area contributed by atoms with E-state index in [1.165, 1.54) is 4.90 Å². The first-order valence-electron chi connectivity index (χ1n) is 7.59. The Balaban J connectivity index is 2.10. The Hall–Kier alpha value is -2.63. The van der Waals surface area contributed by atoms with E-state index in [-0.39, 0.29) is 17.9 Å². The van der Waals surface area contributed by atoms with Crippen molar-refractivity contribution >= 4 is 23.8 Å². The molecule has 1 aromatic carbocycles. The maximum atomic E-state index is 12.4. The third-order valence-corrected chi connectivity index (χ3v) is 3.80. The molecular weight excluding hydrogens is 294 g/mol. The number of oxime groups is 1. The van der Waals surface area contributed by atoms with Crippen molar-refractivity contribution in [2.24, 2.45) is 11.1 Å². The second-order valence-corrected chi connectivity index (χ2v) is 5.40. The van der Waals surface area contributed by atoms with Crippen LogP contribution in [0.25, 0.3) is 0 Å². The van der Waals surface area contributed by atoms with Gasteiger partial charge in [-0.25, -0.2) is 9.69 Å². The third kappa shape index (κ3) is 3.77. The molecule has 0 aromatic heterocycles. The van der Waals surface area contributed by atoms with Crippen LogP contribution in [-0.4, -0.2) is 30.8 Å². The van der Waals surface area contributed by atoms with Crippen molar-refractivity contribution in [2.45, 2.75) is 26.3 Å². The number of urea groups is 1. The van der Waals surface area contributed by atoms with E-state index < -0.39 is 6.04 Å². The molecule has 1 aliphatic rings. The summed E-state index contributed by atoms with van der Waals surface area (Å²) in [6.45, 7) is 7.82. The normalized spacial score (nSPS) is 19.0. The van der Waals surface area contributed by atoms with E-state index in [0.717, 1.165) is 12.0 Å². The van der Waals surface area contributed by atoms with Gasteiger partial charge < -0.3 is 10.2 Å². The Morgan fingerprint density at radius 1 is 1.39 bits per heavy atom. The van der Waals surface area contributed by atoms with Gasteiger partial charge >= 0.3 is 6.03 Å². The molecule has 0 radical (unpaired) electrons. The monoisotopic (exact) mass is 315 g/mol. The van der Waals surface area contributed by atoms with Crippen LogP contribution in [0.2, 0.25) is 0 Å². The second-order valence-electron chi connectivity index (χ2n) is 5.40. The van der Waals surface area contributed by atoms with E-state index in [2.05, 4.69) is 17.1 Å². The van der Waals surface area contributed by atoms with Crippen molar-refractivity contribution in [1.82, 2.24) is 5.32 Å². The molecule has 3 amide bonds. The minimum absolute atomic E-state index is 0.102. The number of hydrogen-bond acceptors (Lipinski definition) is 4. The predicted octanol–water partition coefficient (Wildman–Crippen LogP) is 2.69. The van der Waals surface area contributed by atoms with Crippen LogP contribution < -0.4 is 10.2 Å². The molecule has 2 unspecified atom stereocenters. The van der Waals surface area contributed by atoms with E-state index in [0.29, 0.717) is 12.3 Å². The fourth-order valence-corrected chi connectivity index (χ4v) is 2.27. The highest BCUT2D eigenvalue weighted by molar-refractivity contribution is 6.21. The minimum atomic E-state index is -0.457. The molecule has 0 bridgehead atoms. The standard InChI is InChI=1S/C17H21N3O3/c1-4-10-23-18-11-13-6-8-14(9-7-13)20-16(21)15(12(3)5-2)19-17(20)22/h4,6-9,11-12,15H,1,5,10H2,2-3H3,(H,19,22). The van der Waals surface area contributed by atoms with E-state index in [4.69, 9.17) is 4.84 Å². The third-order valence-electron chi connectivity index (χ3n) is 3.80. The van der Waals surface area contributed by atoms with Crippen molar-refractivity contribution in [1.29, 1.82) is 0 Å². The fourth-order valence-electron chi connectivity index (χ4n) is 2.27. The molecule has 0 aliphatic carbocycles. The highest BCUT2D eigenvalue weighted by atomic mass is 16.6. The van der Waals surface area contributed by atoms with Gasteiger partial charge in [0.25, 0.3) is 5.91 Å². The van der Waals surface area contributed by atoms with Crippen molar-refractivity contribution in [3.63, 3.8) is 0 Å². The number of anilines is 1. The van der Waals surface area contributed by atoms with Crippen LogP contribution in [0.1, 0.15) is 25.8 Å². The smallest absolute Gasteiger partial charge is 0.329 e. The van der Waals surface area contributed by atoms with Gasteiger partial charge in [-0.3, -0.25) is 4.79 Å². The topological polar surface area (TPSA) is 71.0 Å². The van der Waals surface area contributed by atoms with Crippen molar-refractivity contribution in [3.05, 3.63) is 42.5 Å². The summed E-state index contributed by atoms with van der Waals surface area (Å²) in [4.78, 5) is 30.6. The zero-order valence-corrected chi connectivity index (χ0v) is 13.4. The van der Waals surface area contributed by atoms with Crippen LogP contribution in [0.15, 0.2) is 42.1 Å². The largest absolute Gasteiger partial charge is 0.392 e. The van der Waals surface area contributed by atoms with Crippen LogP contribution in [-0.2, 0) is 9.63 Å². The molecule has 6 nitrogen and oxygen atoms in total. The first kappa shape index (κ1) is 16.7. The minimum Gasteiger partial charge on any atom is -0.392 e. The molecular formula is C17H21N3O3. The highest BCUT2D eigenvalue weighted by Gasteiger charge is 2.41. The number of carbonyl (C=O) groups excluding carboxylic acids is 2. The maximum Gasteiger partial charge on any atom is 0.329 e. The summed E-state index contributed by atoms with van der Waals surface area (Å²) in [5.41, 5.74) is 1.35. The number of carbonyl (C=O) groups is 2. The van der Waals surface area contributed by atoms with Gasteiger partial charge in [-0.05, 0) is 23.6 Å². The summed E-state index contributed by atoms with van der Waals surface area (Å²) in [6, 6.07) is 6.13. The molecule has 0 saturated carbocycles. The van der Waals surface area contributed by atoms with Crippen molar-refractivity contribution < 1.29 is 14.4 Å². The summed E-state index contributed by atoms with van der Waals surface area (Å²) in [6.07, 6.45) is 3.98. The average Bonchev–Trinajstić information content (AvgIpc) is 2.86. The van der Waals surface area contributed by atoms with E-state index in [1.54, 1.807) is 36.6 Å². The Bertz CT molecular complexity index is 610. The summed E-state index contributed by atoms with van der Waals surface area (Å²) in [5.74, 6) is -0.107. The van der Waals surface area contributed by atoms with Crippen molar-refractivity contribution in [3.8, 4) is 0 Å². The Labute approximate surface area is 135 Å². The zero-order valence-electron chi connectivity index (χ0n) is 13.4. The second kappa shape index (κ2) is 7.58.